The van der Waals surface area contributed by atoms with Crippen LogP contribution in [0.1, 0.15) is 10.4 Å². The van der Waals surface area contributed by atoms with Crippen molar-refractivity contribution in [2.45, 2.75) is 4.90 Å². The fraction of sp³-hybridized carbons (Fsp3) is 0.300. The zero-order chi connectivity index (χ0) is 13.1. The van der Waals surface area contributed by atoms with E-state index in [4.69, 9.17) is 5.11 Å². The van der Waals surface area contributed by atoms with Gasteiger partial charge in [0.25, 0.3) is 0 Å². The van der Waals surface area contributed by atoms with Crippen LogP contribution >= 0.6 is 0 Å². The van der Waals surface area contributed by atoms with E-state index < -0.39 is 27.2 Å². The number of ether oxygens (including phenoxy) is 1. The highest BCUT2D eigenvalue weighted by Crippen LogP contribution is 2.16. The lowest BCUT2D eigenvalue weighted by Gasteiger charge is -2.05. The second kappa shape index (κ2) is 5.24. The van der Waals surface area contributed by atoms with E-state index in [0.29, 0.717) is 0 Å². The lowest BCUT2D eigenvalue weighted by Crippen LogP contribution is -2.13. The van der Waals surface area contributed by atoms with Crippen LogP contribution in [0.2, 0.25) is 0 Å². The Labute approximate surface area is 97.8 Å². The molecule has 17 heavy (non-hydrogen) atoms. The summed E-state index contributed by atoms with van der Waals surface area (Å²) in [5, 5.41) is 8.67. The Balaban J connectivity index is 3.16. The average molecular weight is 262 g/mol. The maximum Gasteiger partial charge on any atom is 0.338 e. The highest BCUT2D eigenvalue weighted by Gasteiger charge is 2.18. The molecule has 0 heterocycles. The number of benzene rings is 1. The fourth-order valence-corrected chi connectivity index (χ4v) is 2.37. The van der Waals surface area contributed by atoms with Crippen LogP contribution in [0.5, 0.6) is 0 Å². The standard InChI is InChI=1S/C10H11FO5S/c1-16-4-5-17(14,15)7-2-3-9(11)8(6-7)10(12)13/h2-3,6H,4-5H2,1H3,(H,12,13). The van der Waals surface area contributed by atoms with Crippen LogP contribution < -0.4 is 0 Å². The number of carboxylic acids is 1. The smallest absolute Gasteiger partial charge is 0.338 e. The van der Waals surface area contributed by atoms with Crippen LogP contribution in [0, 0.1) is 5.82 Å². The maximum atomic E-state index is 13.1. The molecule has 0 aromatic heterocycles. The monoisotopic (exact) mass is 262 g/mol. The number of rotatable bonds is 5. The molecular weight excluding hydrogens is 251 g/mol. The van der Waals surface area contributed by atoms with E-state index in [1.54, 1.807) is 0 Å². The first-order valence-corrected chi connectivity index (χ1v) is 6.28. The van der Waals surface area contributed by atoms with Crippen LogP contribution in [0.25, 0.3) is 0 Å². The molecule has 0 spiro atoms. The van der Waals surface area contributed by atoms with Gasteiger partial charge in [0.2, 0.25) is 0 Å². The van der Waals surface area contributed by atoms with Crippen LogP contribution in [0.4, 0.5) is 4.39 Å². The van der Waals surface area contributed by atoms with Crippen molar-refractivity contribution in [1.82, 2.24) is 0 Å². The zero-order valence-electron chi connectivity index (χ0n) is 9.01. The zero-order valence-corrected chi connectivity index (χ0v) is 9.83. The van der Waals surface area contributed by atoms with Gasteiger partial charge in [-0.15, -0.1) is 0 Å². The van der Waals surface area contributed by atoms with Crippen molar-refractivity contribution in [3.05, 3.63) is 29.6 Å². The predicted molar refractivity (Wildman–Crippen MR) is 57.3 cm³/mol. The van der Waals surface area contributed by atoms with Gasteiger partial charge in [0, 0.05) is 7.11 Å². The van der Waals surface area contributed by atoms with E-state index in [1.165, 1.54) is 7.11 Å². The minimum absolute atomic E-state index is 0.0118. The van der Waals surface area contributed by atoms with Gasteiger partial charge in [-0.1, -0.05) is 0 Å². The summed E-state index contributed by atoms with van der Waals surface area (Å²) in [6, 6.07) is 2.67. The van der Waals surface area contributed by atoms with Gasteiger partial charge in [0.1, 0.15) is 5.82 Å². The normalized spacial score (nSPS) is 11.4. The molecule has 0 amide bonds. The Bertz CT molecular complexity index is 523. The summed E-state index contributed by atoms with van der Waals surface area (Å²) in [7, 11) is -2.30. The van der Waals surface area contributed by atoms with Gasteiger partial charge in [-0.05, 0) is 18.2 Å². The quantitative estimate of drug-likeness (QED) is 0.799. The Morgan fingerprint density at radius 1 is 1.47 bits per heavy atom. The van der Waals surface area contributed by atoms with Gasteiger partial charge >= 0.3 is 5.97 Å². The van der Waals surface area contributed by atoms with Gasteiger partial charge in [0.15, 0.2) is 9.84 Å². The largest absolute Gasteiger partial charge is 0.478 e. The molecule has 1 aromatic rings. The molecule has 0 saturated heterocycles. The number of halogens is 1. The molecule has 0 atom stereocenters. The Morgan fingerprint density at radius 2 is 2.12 bits per heavy atom. The van der Waals surface area contributed by atoms with Crippen LogP contribution in [0.15, 0.2) is 23.1 Å². The van der Waals surface area contributed by atoms with Gasteiger partial charge in [0.05, 0.1) is 22.8 Å². The van der Waals surface area contributed by atoms with E-state index in [9.17, 15) is 17.6 Å². The molecule has 1 aromatic carbocycles. The van der Waals surface area contributed by atoms with Crippen molar-refractivity contribution < 1.29 is 27.4 Å². The topological polar surface area (TPSA) is 80.7 Å². The second-order valence-electron chi connectivity index (χ2n) is 3.26. The minimum Gasteiger partial charge on any atom is -0.478 e. The number of hydrogen-bond donors (Lipinski definition) is 1. The SMILES string of the molecule is COCCS(=O)(=O)c1ccc(F)c(C(=O)O)c1. The summed E-state index contributed by atoms with van der Waals surface area (Å²) in [5.74, 6) is -2.76. The van der Waals surface area contributed by atoms with Gasteiger partial charge < -0.3 is 9.84 Å². The number of aromatic carboxylic acids is 1. The average Bonchev–Trinajstić information content (AvgIpc) is 2.26. The molecule has 0 radical (unpaired) electrons. The van der Waals surface area contributed by atoms with Crippen molar-refractivity contribution >= 4 is 15.8 Å². The van der Waals surface area contributed by atoms with E-state index in [1.807, 2.05) is 0 Å². The Morgan fingerprint density at radius 3 is 2.65 bits per heavy atom. The molecule has 7 heteroatoms. The summed E-state index contributed by atoms with van der Waals surface area (Å²) in [4.78, 5) is 10.4. The third kappa shape index (κ3) is 3.24. The molecule has 0 aliphatic heterocycles. The van der Waals surface area contributed by atoms with E-state index in [-0.39, 0.29) is 17.3 Å². The molecule has 0 saturated carbocycles. The third-order valence-corrected chi connectivity index (χ3v) is 3.76. The van der Waals surface area contributed by atoms with E-state index in [0.717, 1.165) is 18.2 Å². The van der Waals surface area contributed by atoms with Crippen LogP contribution in [-0.2, 0) is 14.6 Å². The van der Waals surface area contributed by atoms with Crippen molar-refractivity contribution in [3.8, 4) is 0 Å². The molecule has 0 bridgehead atoms. The van der Waals surface area contributed by atoms with Gasteiger partial charge in [-0.2, -0.15) is 0 Å². The van der Waals surface area contributed by atoms with E-state index >= 15 is 0 Å². The summed E-state index contributed by atoms with van der Waals surface area (Å²) in [6.45, 7) is -0.0118. The summed E-state index contributed by atoms with van der Waals surface area (Å²) in [5.41, 5.74) is -0.663. The second-order valence-corrected chi connectivity index (χ2v) is 5.37. The molecule has 0 unspecified atom stereocenters. The Hall–Kier alpha value is -1.47. The van der Waals surface area contributed by atoms with Crippen molar-refractivity contribution in [2.75, 3.05) is 19.5 Å². The lowest BCUT2D eigenvalue weighted by atomic mass is 10.2. The molecule has 0 aliphatic rings. The molecule has 0 aliphatic carbocycles. The highest BCUT2D eigenvalue weighted by atomic mass is 32.2. The van der Waals surface area contributed by atoms with Crippen LogP contribution in [-0.4, -0.2) is 39.0 Å². The number of methoxy groups -OCH3 is 1. The van der Waals surface area contributed by atoms with Gasteiger partial charge in [-0.25, -0.2) is 17.6 Å². The number of sulfone groups is 1. The van der Waals surface area contributed by atoms with Crippen LogP contribution in [0.3, 0.4) is 0 Å². The first-order valence-electron chi connectivity index (χ1n) is 4.63. The minimum atomic E-state index is -3.65. The fourth-order valence-electron chi connectivity index (χ4n) is 1.17. The summed E-state index contributed by atoms with van der Waals surface area (Å²) in [6.07, 6.45) is 0. The highest BCUT2D eigenvalue weighted by molar-refractivity contribution is 7.91. The lowest BCUT2D eigenvalue weighted by molar-refractivity contribution is 0.0691. The van der Waals surface area contributed by atoms with Crippen molar-refractivity contribution in [1.29, 1.82) is 0 Å². The van der Waals surface area contributed by atoms with E-state index in [2.05, 4.69) is 4.74 Å². The summed E-state index contributed by atoms with van der Waals surface area (Å²) < 4.78 is 41.1. The maximum absolute atomic E-state index is 13.1. The molecule has 1 N–H and O–H groups in total. The van der Waals surface area contributed by atoms with Crippen molar-refractivity contribution in [3.63, 3.8) is 0 Å². The molecule has 5 nitrogen and oxygen atoms in total. The predicted octanol–water partition coefficient (Wildman–Crippen LogP) is 0.944. The number of carbonyl (C=O) groups is 1. The number of carboxylic acid groups (broad SMARTS) is 1. The number of hydrogen-bond acceptors (Lipinski definition) is 4. The molecule has 94 valence electrons. The molecule has 1 rings (SSSR count). The third-order valence-electron chi connectivity index (χ3n) is 2.08. The summed E-state index contributed by atoms with van der Waals surface area (Å²) >= 11 is 0. The van der Waals surface area contributed by atoms with Crippen molar-refractivity contribution in [2.24, 2.45) is 0 Å². The molecule has 0 fully saturated rings. The Kier molecular flexibility index (Phi) is 4.19. The first kappa shape index (κ1) is 13.6. The first-order chi connectivity index (χ1) is 7.88. The van der Waals surface area contributed by atoms with Gasteiger partial charge in [-0.3, -0.25) is 0 Å². The molecular formula is C10H11FO5S.